The van der Waals surface area contributed by atoms with Gasteiger partial charge < -0.3 is 18.8 Å². The number of pyridine rings is 1. The third-order valence-corrected chi connectivity index (χ3v) is 7.71. The predicted octanol–water partition coefficient (Wildman–Crippen LogP) is 7.17. The Hall–Kier alpha value is -4.34. The Morgan fingerprint density at radius 2 is 1.86 bits per heavy atom. The lowest BCUT2D eigenvalue weighted by Gasteiger charge is -2.15. The molecule has 5 aromatic rings. The fraction of sp³-hybridized carbons (Fsp3) is 0.242. The van der Waals surface area contributed by atoms with Crippen LogP contribution in [0.1, 0.15) is 40.2 Å². The van der Waals surface area contributed by atoms with Crippen LogP contribution in [0.5, 0.6) is 5.88 Å². The first-order valence-electron chi connectivity index (χ1n) is 13.9. The summed E-state index contributed by atoms with van der Waals surface area (Å²) in [6.45, 7) is 1.22. The maximum atomic E-state index is 15.5. The first-order chi connectivity index (χ1) is 20.9. The molecule has 1 aliphatic heterocycles. The number of halogens is 3. The maximum Gasteiger partial charge on any atom is 0.337 e. The Labute approximate surface area is 252 Å². The van der Waals surface area contributed by atoms with E-state index >= 15 is 4.39 Å². The first-order valence-corrected chi connectivity index (χ1v) is 14.3. The minimum Gasteiger partial charge on any atom is -0.473 e. The van der Waals surface area contributed by atoms with E-state index in [1.54, 1.807) is 60.7 Å². The number of hydrogen-bond acceptors (Lipinski definition) is 6. The Morgan fingerprint density at radius 3 is 2.63 bits per heavy atom. The molecule has 2 aromatic heterocycles. The van der Waals surface area contributed by atoms with Crippen LogP contribution in [0, 0.1) is 11.6 Å². The van der Waals surface area contributed by atoms with E-state index in [9.17, 15) is 9.18 Å². The van der Waals surface area contributed by atoms with Crippen LogP contribution in [0.25, 0.3) is 22.3 Å². The molecule has 1 saturated heterocycles. The highest BCUT2D eigenvalue weighted by Crippen LogP contribution is 2.27. The second-order valence-electron chi connectivity index (χ2n) is 10.3. The predicted molar refractivity (Wildman–Crippen MR) is 158 cm³/mol. The number of methoxy groups -OCH3 is 1. The summed E-state index contributed by atoms with van der Waals surface area (Å²) in [6.07, 6.45) is 2.16. The van der Waals surface area contributed by atoms with Gasteiger partial charge in [0.15, 0.2) is 0 Å². The minimum atomic E-state index is -0.463. The van der Waals surface area contributed by atoms with Crippen LogP contribution in [0.15, 0.2) is 72.8 Å². The van der Waals surface area contributed by atoms with Crippen molar-refractivity contribution in [3.8, 4) is 17.1 Å². The van der Waals surface area contributed by atoms with Gasteiger partial charge in [0.25, 0.3) is 0 Å². The summed E-state index contributed by atoms with van der Waals surface area (Å²) >= 11 is 5.82. The van der Waals surface area contributed by atoms with Crippen molar-refractivity contribution in [2.75, 3.05) is 13.7 Å². The minimum absolute atomic E-state index is 0.0157. The summed E-state index contributed by atoms with van der Waals surface area (Å²) in [7, 11) is 1.34. The van der Waals surface area contributed by atoms with Crippen molar-refractivity contribution in [1.82, 2.24) is 14.5 Å². The second-order valence-corrected chi connectivity index (χ2v) is 10.8. The van der Waals surface area contributed by atoms with Crippen molar-refractivity contribution in [2.45, 2.75) is 38.5 Å². The van der Waals surface area contributed by atoms with Gasteiger partial charge in [-0.3, -0.25) is 0 Å². The normalized spacial score (nSPS) is 14.7. The Morgan fingerprint density at radius 1 is 1.02 bits per heavy atom. The highest BCUT2D eigenvalue weighted by molar-refractivity contribution is 6.30. The maximum absolute atomic E-state index is 15.5. The van der Waals surface area contributed by atoms with Crippen LogP contribution >= 0.6 is 11.6 Å². The lowest BCUT2D eigenvalue weighted by atomic mass is 10.1. The number of hydrogen-bond donors (Lipinski definition) is 0. The van der Waals surface area contributed by atoms with Crippen molar-refractivity contribution in [3.63, 3.8) is 0 Å². The number of esters is 1. The van der Waals surface area contributed by atoms with Gasteiger partial charge in [0, 0.05) is 35.2 Å². The molecule has 0 radical (unpaired) electrons. The lowest BCUT2D eigenvalue weighted by molar-refractivity contribution is 0.0601. The van der Waals surface area contributed by atoms with E-state index in [0.29, 0.717) is 57.5 Å². The fourth-order valence-corrected chi connectivity index (χ4v) is 5.37. The number of rotatable bonds is 9. The molecule has 3 heterocycles. The van der Waals surface area contributed by atoms with Crippen molar-refractivity contribution in [3.05, 3.63) is 112 Å². The van der Waals surface area contributed by atoms with E-state index in [4.69, 9.17) is 30.8 Å². The molecule has 7 nitrogen and oxygen atoms in total. The van der Waals surface area contributed by atoms with E-state index in [1.807, 2.05) is 4.57 Å². The van der Waals surface area contributed by atoms with Gasteiger partial charge in [-0.2, -0.15) is 0 Å². The van der Waals surface area contributed by atoms with E-state index in [2.05, 4.69) is 4.98 Å². The molecule has 1 aliphatic rings. The monoisotopic (exact) mass is 603 g/mol. The summed E-state index contributed by atoms with van der Waals surface area (Å²) < 4.78 is 48.2. The van der Waals surface area contributed by atoms with Crippen molar-refractivity contribution < 1.29 is 27.8 Å². The number of ether oxygens (including phenoxy) is 3. The molecule has 6 rings (SSSR count). The third kappa shape index (κ3) is 6.38. The van der Waals surface area contributed by atoms with Crippen LogP contribution in [0.4, 0.5) is 8.78 Å². The molecule has 1 atom stereocenters. The summed E-state index contributed by atoms with van der Waals surface area (Å²) in [5.74, 6) is -0.350. The molecule has 0 aliphatic carbocycles. The average Bonchev–Trinajstić information content (AvgIpc) is 3.65. The second kappa shape index (κ2) is 12.5. The molecule has 3 aromatic carbocycles. The van der Waals surface area contributed by atoms with Crippen molar-refractivity contribution in [1.29, 1.82) is 0 Å². The summed E-state index contributed by atoms with van der Waals surface area (Å²) in [5.41, 5.74) is 3.79. The molecular weight excluding hydrogens is 576 g/mol. The SMILES string of the molecule is COC(=O)c1ccc2nc(Cc3ccc(-c4cccc(OCc5ccc(Cl)cc5F)n4)cc3F)n(C[C@@H]3CCCO3)c2c1. The average molecular weight is 604 g/mol. The van der Waals surface area contributed by atoms with Gasteiger partial charge in [0.05, 0.1) is 42.0 Å². The largest absolute Gasteiger partial charge is 0.473 e. The lowest BCUT2D eigenvalue weighted by Crippen LogP contribution is -2.17. The Kier molecular flexibility index (Phi) is 8.35. The summed E-state index contributed by atoms with van der Waals surface area (Å²) in [6, 6.07) is 19.7. The number of carbonyl (C=O) groups excluding carboxylic acids is 1. The molecule has 10 heteroatoms. The molecule has 0 N–H and O–H groups in total. The number of imidazole rings is 1. The molecule has 0 unspecified atom stereocenters. The molecular formula is C33H28ClF2N3O4. The van der Waals surface area contributed by atoms with Gasteiger partial charge in [0.2, 0.25) is 5.88 Å². The molecule has 0 spiro atoms. The van der Waals surface area contributed by atoms with Gasteiger partial charge >= 0.3 is 5.97 Å². The number of nitrogens with zero attached hydrogens (tertiary/aromatic N) is 3. The van der Waals surface area contributed by atoms with Crippen molar-refractivity contribution >= 4 is 28.6 Å². The van der Waals surface area contributed by atoms with Crippen LogP contribution in [-0.2, 0) is 29.0 Å². The highest BCUT2D eigenvalue weighted by Gasteiger charge is 2.22. The number of carbonyl (C=O) groups is 1. The molecule has 0 saturated carbocycles. The number of benzene rings is 3. The third-order valence-electron chi connectivity index (χ3n) is 7.47. The molecule has 1 fully saturated rings. The molecule has 0 amide bonds. The van der Waals surface area contributed by atoms with Crippen molar-refractivity contribution in [2.24, 2.45) is 0 Å². The van der Waals surface area contributed by atoms with E-state index in [0.717, 1.165) is 18.4 Å². The number of fused-ring (bicyclic) bond motifs is 1. The quantitative estimate of drug-likeness (QED) is 0.166. The van der Waals surface area contributed by atoms with E-state index in [-0.39, 0.29) is 25.0 Å². The zero-order valence-electron chi connectivity index (χ0n) is 23.4. The van der Waals surface area contributed by atoms with Crippen LogP contribution in [0.3, 0.4) is 0 Å². The summed E-state index contributed by atoms with van der Waals surface area (Å²) in [4.78, 5) is 21.5. The Bertz CT molecular complexity index is 1800. The fourth-order valence-electron chi connectivity index (χ4n) is 5.21. The van der Waals surface area contributed by atoms with Crippen LogP contribution in [-0.4, -0.2) is 40.3 Å². The zero-order valence-corrected chi connectivity index (χ0v) is 24.1. The van der Waals surface area contributed by atoms with Gasteiger partial charge in [-0.05, 0) is 60.9 Å². The van der Waals surface area contributed by atoms with Gasteiger partial charge in [-0.15, -0.1) is 0 Å². The Balaban J connectivity index is 1.24. The highest BCUT2D eigenvalue weighted by atomic mass is 35.5. The van der Waals surface area contributed by atoms with Gasteiger partial charge in [-0.25, -0.2) is 23.5 Å². The topological polar surface area (TPSA) is 75.5 Å². The van der Waals surface area contributed by atoms with Gasteiger partial charge in [0.1, 0.15) is 24.1 Å². The van der Waals surface area contributed by atoms with E-state index < -0.39 is 17.6 Å². The molecule has 43 heavy (non-hydrogen) atoms. The first kappa shape index (κ1) is 28.8. The smallest absolute Gasteiger partial charge is 0.337 e. The number of aromatic nitrogens is 3. The van der Waals surface area contributed by atoms with Crippen LogP contribution in [0.2, 0.25) is 5.02 Å². The van der Waals surface area contributed by atoms with Gasteiger partial charge in [-0.1, -0.05) is 35.9 Å². The standard InChI is InChI=1S/C33H28ClF2N3O4/c1-41-33(40)22-10-12-29-30(15-22)39(18-25-4-3-13-42-25)31(37-29)16-20-7-8-21(14-26(20)35)28-5-2-6-32(38-28)43-19-23-9-11-24(34)17-27(23)36/h2,5-12,14-15,17,25H,3-4,13,16,18-19H2,1H3/t25-/m0/s1. The zero-order chi connectivity index (χ0) is 29.9. The molecule has 220 valence electrons. The van der Waals surface area contributed by atoms with Crippen LogP contribution < -0.4 is 4.74 Å². The summed E-state index contributed by atoms with van der Waals surface area (Å²) in [5, 5.41) is 0.305. The molecule has 0 bridgehead atoms. The van der Waals surface area contributed by atoms with E-state index in [1.165, 1.54) is 19.2 Å².